The first kappa shape index (κ1) is 13.3. The normalized spacial score (nSPS) is 20.6. The zero-order valence-corrected chi connectivity index (χ0v) is 11.3. The van der Waals surface area contributed by atoms with Crippen LogP contribution in [0.25, 0.3) is 0 Å². The molecule has 2 aliphatic rings. The van der Waals surface area contributed by atoms with Crippen LogP contribution >= 0.6 is 0 Å². The Morgan fingerprint density at radius 2 is 2.00 bits per heavy atom. The van der Waals surface area contributed by atoms with Crippen LogP contribution in [-0.2, 0) is 4.79 Å². The molecular weight excluding hydrogens is 276 g/mol. The lowest BCUT2D eigenvalue weighted by Gasteiger charge is -2.28. The number of carbonyl (C=O) groups is 2. The van der Waals surface area contributed by atoms with Gasteiger partial charge in [0.05, 0.1) is 11.6 Å². The van der Waals surface area contributed by atoms with Crippen molar-refractivity contribution in [1.82, 2.24) is 10.6 Å². The highest BCUT2D eigenvalue weighted by Crippen LogP contribution is 2.35. The molecule has 0 saturated heterocycles. The molecule has 3 N–H and O–H groups in total. The molecular formula is C14H14N2O5. The minimum atomic E-state index is -1.08. The predicted molar refractivity (Wildman–Crippen MR) is 72.2 cm³/mol. The first-order chi connectivity index (χ1) is 10.1. The number of rotatable bonds is 2. The van der Waals surface area contributed by atoms with Gasteiger partial charge in [-0.1, -0.05) is 6.07 Å². The zero-order valence-electron chi connectivity index (χ0n) is 11.3. The van der Waals surface area contributed by atoms with Crippen molar-refractivity contribution in [3.8, 4) is 11.5 Å². The number of ether oxygens (including phenoxy) is 2. The van der Waals surface area contributed by atoms with E-state index in [0.29, 0.717) is 36.0 Å². The third-order valence-electron chi connectivity index (χ3n) is 3.40. The third kappa shape index (κ3) is 2.37. The van der Waals surface area contributed by atoms with E-state index in [2.05, 4.69) is 10.6 Å². The van der Waals surface area contributed by atoms with Crippen molar-refractivity contribution in [2.24, 2.45) is 0 Å². The summed E-state index contributed by atoms with van der Waals surface area (Å²) in [6, 6.07) is 3.97. The van der Waals surface area contributed by atoms with Gasteiger partial charge in [0.2, 0.25) is 0 Å². The topological polar surface area (TPSA) is 96.9 Å². The molecule has 2 heterocycles. The summed E-state index contributed by atoms with van der Waals surface area (Å²) >= 11 is 0. The second-order valence-corrected chi connectivity index (χ2v) is 4.78. The Kier molecular flexibility index (Phi) is 3.17. The van der Waals surface area contributed by atoms with Crippen LogP contribution in [0, 0.1) is 0 Å². The second-order valence-electron chi connectivity index (χ2n) is 4.78. The number of carboxylic acid groups (broad SMARTS) is 1. The van der Waals surface area contributed by atoms with Crippen LogP contribution < -0.4 is 20.1 Å². The van der Waals surface area contributed by atoms with Crippen molar-refractivity contribution in [2.75, 3.05) is 13.2 Å². The largest absolute Gasteiger partial charge is 0.486 e. The van der Waals surface area contributed by atoms with E-state index in [0.717, 1.165) is 0 Å². The number of allylic oxidation sites excluding steroid dienone is 1. The molecule has 21 heavy (non-hydrogen) atoms. The van der Waals surface area contributed by atoms with Gasteiger partial charge in [-0.05, 0) is 24.6 Å². The number of urea groups is 1. The summed E-state index contributed by atoms with van der Waals surface area (Å²) in [6.07, 6.45) is 0. The van der Waals surface area contributed by atoms with Gasteiger partial charge in [0.15, 0.2) is 11.5 Å². The van der Waals surface area contributed by atoms with Crippen LogP contribution in [0.4, 0.5) is 4.79 Å². The Balaban J connectivity index is 2.03. The number of carboxylic acids is 1. The molecule has 2 amide bonds. The average Bonchev–Trinajstić information content (AvgIpc) is 2.45. The van der Waals surface area contributed by atoms with E-state index in [1.807, 2.05) is 0 Å². The first-order valence-corrected chi connectivity index (χ1v) is 6.47. The highest BCUT2D eigenvalue weighted by molar-refractivity contribution is 5.93. The highest BCUT2D eigenvalue weighted by atomic mass is 16.6. The molecule has 1 aromatic rings. The maximum atomic E-state index is 11.6. The molecule has 7 nitrogen and oxygen atoms in total. The summed E-state index contributed by atoms with van der Waals surface area (Å²) in [5.74, 6) is 0.0802. The Hall–Kier alpha value is -2.70. The van der Waals surface area contributed by atoms with E-state index in [1.54, 1.807) is 25.1 Å². The van der Waals surface area contributed by atoms with Gasteiger partial charge in [-0.15, -0.1) is 0 Å². The number of hydrogen-bond donors (Lipinski definition) is 3. The van der Waals surface area contributed by atoms with Crippen LogP contribution in [0.5, 0.6) is 11.5 Å². The van der Waals surface area contributed by atoms with Crippen LogP contribution in [0.2, 0.25) is 0 Å². The fourth-order valence-corrected chi connectivity index (χ4v) is 2.47. The van der Waals surface area contributed by atoms with Gasteiger partial charge in [-0.3, -0.25) is 0 Å². The first-order valence-electron chi connectivity index (χ1n) is 6.47. The zero-order chi connectivity index (χ0) is 15.0. The van der Waals surface area contributed by atoms with Gasteiger partial charge in [-0.2, -0.15) is 0 Å². The fraction of sp³-hybridized carbons (Fsp3) is 0.286. The number of carbonyl (C=O) groups excluding carboxylic acids is 1. The SMILES string of the molecule is CC1=C(C(=O)O)C(c2ccc3c(c2)OCCO3)NC(=O)N1. The summed E-state index contributed by atoms with van der Waals surface area (Å²) in [6.45, 7) is 2.48. The summed E-state index contributed by atoms with van der Waals surface area (Å²) in [5, 5.41) is 14.4. The van der Waals surface area contributed by atoms with E-state index in [4.69, 9.17) is 9.47 Å². The molecule has 7 heteroatoms. The Labute approximate surface area is 120 Å². The molecule has 0 fully saturated rings. The number of nitrogens with one attached hydrogen (secondary N) is 2. The van der Waals surface area contributed by atoms with Gasteiger partial charge in [-0.25, -0.2) is 9.59 Å². The Morgan fingerprint density at radius 3 is 2.71 bits per heavy atom. The Bertz CT molecular complexity index is 653. The molecule has 110 valence electrons. The summed E-state index contributed by atoms with van der Waals surface area (Å²) < 4.78 is 10.9. The molecule has 0 spiro atoms. The lowest BCUT2D eigenvalue weighted by atomic mass is 9.95. The summed E-state index contributed by atoms with van der Waals surface area (Å²) in [7, 11) is 0. The third-order valence-corrected chi connectivity index (χ3v) is 3.40. The molecule has 1 aromatic carbocycles. The predicted octanol–water partition coefficient (Wildman–Crippen LogP) is 1.17. The van der Waals surface area contributed by atoms with Crippen molar-refractivity contribution in [3.63, 3.8) is 0 Å². The van der Waals surface area contributed by atoms with E-state index in [1.165, 1.54) is 0 Å². The maximum Gasteiger partial charge on any atom is 0.335 e. The molecule has 2 aliphatic heterocycles. The number of amides is 2. The smallest absolute Gasteiger partial charge is 0.335 e. The second kappa shape index (κ2) is 5.01. The van der Waals surface area contributed by atoms with Gasteiger partial charge < -0.3 is 25.2 Å². The van der Waals surface area contributed by atoms with Gasteiger partial charge in [0.25, 0.3) is 0 Å². The maximum absolute atomic E-state index is 11.6. The standard InChI is InChI=1S/C14H14N2O5/c1-7-11(13(17)18)12(16-14(19)15-7)8-2-3-9-10(6-8)21-5-4-20-9/h2-3,6,12H,4-5H2,1H3,(H,17,18)(H2,15,16,19). The van der Waals surface area contributed by atoms with E-state index >= 15 is 0 Å². The molecule has 0 bridgehead atoms. The lowest BCUT2D eigenvalue weighted by molar-refractivity contribution is -0.133. The van der Waals surface area contributed by atoms with Crippen molar-refractivity contribution < 1.29 is 24.2 Å². The van der Waals surface area contributed by atoms with E-state index < -0.39 is 18.0 Å². The number of fused-ring (bicyclic) bond motifs is 1. The highest BCUT2D eigenvalue weighted by Gasteiger charge is 2.31. The minimum absolute atomic E-state index is 0.103. The van der Waals surface area contributed by atoms with Crippen LogP contribution in [0.15, 0.2) is 29.5 Å². The summed E-state index contributed by atoms with van der Waals surface area (Å²) in [5.41, 5.74) is 1.06. The van der Waals surface area contributed by atoms with Crippen LogP contribution in [0.3, 0.4) is 0 Å². The van der Waals surface area contributed by atoms with Crippen molar-refractivity contribution in [3.05, 3.63) is 35.0 Å². The quantitative estimate of drug-likeness (QED) is 0.759. The number of benzene rings is 1. The van der Waals surface area contributed by atoms with Crippen molar-refractivity contribution in [1.29, 1.82) is 0 Å². The molecule has 0 saturated carbocycles. The monoisotopic (exact) mass is 290 g/mol. The Morgan fingerprint density at radius 1 is 1.29 bits per heavy atom. The van der Waals surface area contributed by atoms with Gasteiger partial charge >= 0.3 is 12.0 Å². The number of hydrogen-bond acceptors (Lipinski definition) is 4. The van der Waals surface area contributed by atoms with Gasteiger partial charge in [0, 0.05) is 5.70 Å². The minimum Gasteiger partial charge on any atom is -0.486 e. The van der Waals surface area contributed by atoms with E-state index in [9.17, 15) is 14.7 Å². The fourth-order valence-electron chi connectivity index (χ4n) is 2.47. The van der Waals surface area contributed by atoms with E-state index in [-0.39, 0.29) is 5.57 Å². The molecule has 1 atom stereocenters. The lowest BCUT2D eigenvalue weighted by Crippen LogP contribution is -2.45. The van der Waals surface area contributed by atoms with Gasteiger partial charge in [0.1, 0.15) is 13.2 Å². The summed E-state index contributed by atoms with van der Waals surface area (Å²) in [4.78, 5) is 23.0. The van der Waals surface area contributed by atoms with Crippen LogP contribution in [0.1, 0.15) is 18.5 Å². The van der Waals surface area contributed by atoms with Crippen molar-refractivity contribution >= 4 is 12.0 Å². The molecule has 1 unspecified atom stereocenters. The molecule has 0 aliphatic carbocycles. The number of aliphatic carboxylic acids is 1. The average molecular weight is 290 g/mol. The van der Waals surface area contributed by atoms with Crippen LogP contribution in [-0.4, -0.2) is 30.3 Å². The molecule has 3 rings (SSSR count). The molecule has 0 radical (unpaired) electrons. The molecule has 0 aromatic heterocycles. The van der Waals surface area contributed by atoms with Crippen molar-refractivity contribution in [2.45, 2.75) is 13.0 Å².